The largest absolute Gasteiger partial charge is 0.507 e. The average molecular weight is 444 g/mol. The molecule has 4 heterocycles. The Labute approximate surface area is 191 Å². The molecule has 1 N–H and O–H groups in total. The number of fused-ring (bicyclic) bond motifs is 1. The number of imidazole rings is 1. The molecule has 1 aromatic carbocycles. The standard InChI is InChI=1S/C25H24N4O4/c1-16-12-19-13-17(5-6-20(19)33-16)23(30)21-22(18-4-2-7-26-14-18)29(25(32)24(21)31)10-3-9-28-11-8-27-15-28/h2,4-8,11,13-16,22,30H,3,9-10,12H2,1H3/t16-,22-/m0/s1. The van der Waals surface area contributed by atoms with Gasteiger partial charge < -0.3 is 19.3 Å². The Kier molecular flexibility index (Phi) is 5.42. The highest BCUT2D eigenvalue weighted by Crippen LogP contribution is 2.40. The summed E-state index contributed by atoms with van der Waals surface area (Å²) in [5, 5.41) is 11.2. The summed E-state index contributed by atoms with van der Waals surface area (Å²) >= 11 is 0. The number of likely N-dealkylation sites (tertiary alicyclic amines) is 1. The molecule has 2 aliphatic heterocycles. The maximum absolute atomic E-state index is 13.1. The number of Topliss-reactive ketones (excluding diaryl/α,β-unsaturated/α-hetero) is 1. The van der Waals surface area contributed by atoms with Crippen molar-refractivity contribution in [2.24, 2.45) is 0 Å². The fourth-order valence-corrected chi connectivity index (χ4v) is 4.56. The van der Waals surface area contributed by atoms with Crippen molar-refractivity contribution in [3.8, 4) is 5.75 Å². The van der Waals surface area contributed by atoms with E-state index in [1.807, 2.05) is 29.8 Å². The third-order valence-electron chi connectivity index (χ3n) is 6.08. The quantitative estimate of drug-likeness (QED) is 0.356. The monoisotopic (exact) mass is 444 g/mol. The second-order valence-electron chi connectivity index (χ2n) is 8.39. The number of carbonyl (C=O) groups excluding carboxylic acids is 2. The number of rotatable bonds is 6. The van der Waals surface area contributed by atoms with Gasteiger partial charge in [0.15, 0.2) is 0 Å². The van der Waals surface area contributed by atoms with E-state index in [4.69, 9.17) is 4.74 Å². The van der Waals surface area contributed by atoms with Gasteiger partial charge in [-0.15, -0.1) is 0 Å². The van der Waals surface area contributed by atoms with Gasteiger partial charge in [-0.1, -0.05) is 6.07 Å². The van der Waals surface area contributed by atoms with Crippen LogP contribution in [-0.4, -0.2) is 48.9 Å². The highest BCUT2D eigenvalue weighted by molar-refractivity contribution is 6.46. The highest BCUT2D eigenvalue weighted by Gasteiger charge is 2.46. The van der Waals surface area contributed by atoms with Crippen LogP contribution in [0.4, 0.5) is 0 Å². The van der Waals surface area contributed by atoms with Crippen LogP contribution < -0.4 is 4.74 Å². The Balaban J connectivity index is 1.51. The van der Waals surface area contributed by atoms with Gasteiger partial charge in [-0.05, 0) is 48.7 Å². The van der Waals surface area contributed by atoms with Crippen LogP contribution in [-0.2, 0) is 22.6 Å². The molecule has 168 valence electrons. The summed E-state index contributed by atoms with van der Waals surface area (Å²) in [5.41, 5.74) is 2.23. The van der Waals surface area contributed by atoms with Gasteiger partial charge in [-0.25, -0.2) is 4.98 Å². The SMILES string of the molecule is C[C@H]1Cc2cc(C(O)=C3C(=O)C(=O)N(CCCn4ccnc4)[C@H]3c3cccnc3)ccc2O1. The summed E-state index contributed by atoms with van der Waals surface area (Å²) < 4.78 is 7.67. The summed E-state index contributed by atoms with van der Waals surface area (Å²) in [5.74, 6) is -0.701. The molecule has 1 fully saturated rings. The number of hydrogen-bond acceptors (Lipinski definition) is 6. The third kappa shape index (κ3) is 3.88. The molecule has 0 bridgehead atoms. The molecule has 5 rings (SSSR count). The lowest BCUT2D eigenvalue weighted by molar-refractivity contribution is -0.139. The molecule has 0 unspecified atom stereocenters. The van der Waals surface area contributed by atoms with Crippen LogP contribution in [0.15, 0.2) is 67.0 Å². The van der Waals surface area contributed by atoms with E-state index in [-0.39, 0.29) is 17.4 Å². The molecular formula is C25H24N4O4. The van der Waals surface area contributed by atoms with E-state index >= 15 is 0 Å². The lowest BCUT2D eigenvalue weighted by atomic mass is 9.95. The van der Waals surface area contributed by atoms with Crippen molar-refractivity contribution in [3.05, 3.63) is 83.7 Å². The normalized spacial score (nSPS) is 21.3. The number of aryl methyl sites for hydroxylation is 1. The molecular weight excluding hydrogens is 420 g/mol. The van der Waals surface area contributed by atoms with E-state index in [9.17, 15) is 14.7 Å². The topological polar surface area (TPSA) is 97.6 Å². The highest BCUT2D eigenvalue weighted by atomic mass is 16.5. The molecule has 0 saturated carbocycles. The van der Waals surface area contributed by atoms with E-state index in [0.717, 1.165) is 17.7 Å². The van der Waals surface area contributed by atoms with Crippen molar-refractivity contribution in [1.82, 2.24) is 19.4 Å². The molecule has 8 heteroatoms. The van der Waals surface area contributed by atoms with Crippen LogP contribution in [0.3, 0.4) is 0 Å². The zero-order chi connectivity index (χ0) is 22.9. The average Bonchev–Trinajstić information content (AvgIpc) is 3.53. The van der Waals surface area contributed by atoms with Crippen LogP contribution in [0.2, 0.25) is 0 Å². The van der Waals surface area contributed by atoms with Crippen LogP contribution in [0.5, 0.6) is 5.75 Å². The summed E-state index contributed by atoms with van der Waals surface area (Å²) in [4.78, 5) is 35.9. The first kappa shape index (κ1) is 20.9. The summed E-state index contributed by atoms with van der Waals surface area (Å²) in [6, 6.07) is 8.23. The lowest BCUT2D eigenvalue weighted by Gasteiger charge is -2.25. The van der Waals surface area contributed by atoms with Gasteiger partial charge in [0.25, 0.3) is 11.7 Å². The van der Waals surface area contributed by atoms with Crippen LogP contribution in [0.1, 0.15) is 36.1 Å². The maximum atomic E-state index is 13.1. The number of ketones is 1. The molecule has 2 aliphatic rings. The number of aliphatic hydroxyl groups is 1. The van der Waals surface area contributed by atoms with Crippen molar-refractivity contribution in [3.63, 3.8) is 0 Å². The zero-order valence-corrected chi connectivity index (χ0v) is 18.2. The number of aliphatic hydroxyl groups excluding tert-OH is 1. The second-order valence-corrected chi connectivity index (χ2v) is 8.39. The molecule has 1 saturated heterocycles. The number of pyridine rings is 1. The molecule has 2 atom stereocenters. The van der Waals surface area contributed by atoms with E-state index in [2.05, 4.69) is 9.97 Å². The molecule has 1 amide bonds. The Morgan fingerprint density at radius 3 is 2.82 bits per heavy atom. The lowest BCUT2D eigenvalue weighted by Crippen LogP contribution is -2.31. The predicted molar refractivity (Wildman–Crippen MR) is 120 cm³/mol. The van der Waals surface area contributed by atoms with E-state index in [0.29, 0.717) is 30.6 Å². The summed E-state index contributed by atoms with van der Waals surface area (Å²) in [6.45, 7) is 3.00. The Hall–Kier alpha value is -3.94. The van der Waals surface area contributed by atoms with Crippen LogP contribution in [0.25, 0.3) is 5.76 Å². The van der Waals surface area contributed by atoms with Gasteiger partial charge in [-0.2, -0.15) is 0 Å². The number of amides is 1. The van der Waals surface area contributed by atoms with Crippen molar-refractivity contribution in [2.45, 2.75) is 38.5 Å². The molecule has 0 spiro atoms. The molecule has 33 heavy (non-hydrogen) atoms. The summed E-state index contributed by atoms with van der Waals surface area (Å²) in [7, 11) is 0. The Morgan fingerprint density at radius 2 is 2.06 bits per heavy atom. The van der Waals surface area contributed by atoms with Crippen LogP contribution in [0, 0.1) is 0 Å². The van der Waals surface area contributed by atoms with Gasteiger partial charge >= 0.3 is 0 Å². The smallest absolute Gasteiger partial charge is 0.295 e. The fraction of sp³-hybridized carbons (Fsp3) is 0.280. The fourth-order valence-electron chi connectivity index (χ4n) is 4.56. The minimum atomic E-state index is -0.704. The first-order valence-corrected chi connectivity index (χ1v) is 11.0. The minimum Gasteiger partial charge on any atom is -0.507 e. The van der Waals surface area contributed by atoms with Crippen molar-refractivity contribution < 1.29 is 19.4 Å². The minimum absolute atomic E-state index is 0.0638. The first-order chi connectivity index (χ1) is 16.0. The van der Waals surface area contributed by atoms with Gasteiger partial charge in [0.05, 0.1) is 17.9 Å². The summed E-state index contributed by atoms with van der Waals surface area (Å²) in [6.07, 6.45) is 9.95. The van der Waals surface area contributed by atoms with E-state index < -0.39 is 17.7 Å². The Bertz CT molecular complexity index is 1220. The molecule has 0 radical (unpaired) electrons. The number of hydrogen-bond donors (Lipinski definition) is 1. The van der Waals surface area contributed by atoms with Gasteiger partial charge in [0.2, 0.25) is 0 Å². The maximum Gasteiger partial charge on any atom is 0.295 e. The van der Waals surface area contributed by atoms with Crippen molar-refractivity contribution in [2.75, 3.05) is 6.54 Å². The predicted octanol–water partition coefficient (Wildman–Crippen LogP) is 3.11. The van der Waals surface area contributed by atoms with Crippen molar-refractivity contribution >= 4 is 17.4 Å². The molecule has 8 nitrogen and oxygen atoms in total. The second kappa shape index (κ2) is 8.54. The molecule has 3 aromatic rings. The number of aromatic nitrogens is 3. The van der Waals surface area contributed by atoms with Gasteiger partial charge in [0.1, 0.15) is 17.6 Å². The first-order valence-electron chi connectivity index (χ1n) is 11.0. The number of benzene rings is 1. The van der Waals surface area contributed by atoms with Crippen molar-refractivity contribution in [1.29, 1.82) is 0 Å². The van der Waals surface area contributed by atoms with Gasteiger partial charge in [-0.3, -0.25) is 14.6 Å². The van der Waals surface area contributed by atoms with E-state index in [1.165, 1.54) is 4.90 Å². The third-order valence-corrected chi connectivity index (χ3v) is 6.08. The molecule has 2 aromatic heterocycles. The van der Waals surface area contributed by atoms with Gasteiger partial charge in [0, 0.05) is 49.9 Å². The Morgan fingerprint density at radius 1 is 1.18 bits per heavy atom. The number of carbonyl (C=O) groups is 2. The van der Waals surface area contributed by atoms with Crippen LogP contribution >= 0.6 is 0 Å². The number of ether oxygens (including phenoxy) is 1. The number of nitrogens with zero attached hydrogens (tertiary/aromatic N) is 4. The van der Waals surface area contributed by atoms with E-state index in [1.54, 1.807) is 43.1 Å². The zero-order valence-electron chi connectivity index (χ0n) is 18.2. The molecule has 0 aliphatic carbocycles.